The topological polar surface area (TPSA) is 84.9 Å². The first-order valence-electron chi connectivity index (χ1n) is 7.40. The summed E-state index contributed by atoms with van der Waals surface area (Å²) in [6.07, 6.45) is 1.16. The van der Waals surface area contributed by atoms with Gasteiger partial charge in [-0.3, -0.25) is 0 Å². The fourth-order valence-electron chi connectivity index (χ4n) is 1.73. The standard InChI is InChI=1S/C16H23NO5S/c1-21-9-5-6-10-23-12-14(15(18)19)17-16(20)22-11-13-7-3-2-4-8-13/h2-4,7-8,14H,5-6,9-12H2,1H3,(H,17,20)(H,18,19). The molecule has 7 heteroatoms. The lowest BCUT2D eigenvalue weighted by Gasteiger charge is -2.14. The number of nitrogens with one attached hydrogen (secondary N) is 1. The lowest BCUT2D eigenvalue weighted by molar-refractivity contribution is -0.138. The summed E-state index contributed by atoms with van der Waals surface area (Å²) >= 11 is 1.49. The minimum absolute atomic E-state index is 0.114. The molecular formula is C16H23NO5S. The Bertz CT molecular complexity index is 469. The predicted octanol–water partition coefficient (Wildman–Crippen LogP) is 2.53. The van der Waals surface area contributed by atoms with Crippen molar-refractivity contribution in [2.24, 2.45) is 0 Å². The van der Waals surface area contributed by atoms with Crippen molar-refractivity contribution in [3.8, 4) is 0 Å². The minimum Gasteiger partial charge on any atom is -0.480 e. The van der Waals surface area contributed by atoms with Crippen LogP contribution in [-0.4, -0.2) is 48.4 Å². The molecule has 1 aromatic carbocycles. The van der Waals surface area contributed by atoms with Crippen molar-refractivity contribution in [1.29, 1.82) is 0 Å². The maximum absolute atomic E-state index is 11.7. The van der Waals surface area contributed by atoms with Crippen molar-refractivity contribution in [3.05, 3.63) is 35.9 Å². The number of unbranched alkanes of at least 4 members (excludes halogenated alkanes) is 1. The van der Waals surface area contributed by atoms with Gasteiger partial charge in [-0.1, -0.05) is 30.3 Å². The van der Waals surface area contributed by atoms with E-state index in [9.17, 15) is 9.59 Å². The van der Waals surface area contributed by atoms with Crippen molar-refractivity contribution in [1.82, 2.24) is 5.32 Å². The Morgan fingerprint density at radius 2 is 2.00 bits per heavy atom. The predicted molar refractivity (Wildman–Crippen MR) is 89.6 cm³/mol. The first kappa shape index (κ1) is 19.3. The summed E-state index contributed by atoms with van der Waals surface area (Å²) in [7, 11) is 1.65. The number of hydrogen-bond acceptors (Lipinski definition) is 5. The zero-order chi connectivity index (χ0) is 16.9. The SMILES string of the molecule is COCCCCSCC(NC(=O)OCc1ccccc1)C(=O)O. The molecule has 0 spiro atoms. The molecule has 23 heavy (non-hydrogen) atoms. The van der Waals surface area contributed by atoms with Crippen LogP contribution in [-0.2, 0) is 20.9 Å². The number of carbonyl (C=O) groups is 2. The van der Waals surface area contributed by atoms with Gasteiger partial charge >= 0.3 is 12.1 Å². The number of aliphatic carboxylic acids is 1. The molecule has 0 fully saturated rings. The molecule has 128 valence electrons. The quantitative estimate of drug-likeness (QED) is 0.602. The molecule has 0 aliphatic rings. The number of amides is 1. The second kappa shape index (κ2) is 11.8. The van der Waals surface area contributed by atoms with Crippen LogP contribution in [0.3, 0.4) is 0 Å². The van der Waals surface area contributed by atoms with Crippen LogP contribution in [0.2, 0.25) is 0 Å². The third kappa shape index (κ3) is 9.10. The Hall–Kier alpha value is -1.73. The van der Waals surface area contributed by atoms with E-state index in [2.05, 4.69) is 5.32 Å². The van der Waals surface area contributed by atoms with E-state index in [4.69, 9.17) is 14.6 Å². The van der Waals surface area contributed by atoms with Gasteiger partial charge in [-0.2, -0.15) is 11.8 Å². The van der Waals surface area contributed by atoms with Crippen LogP contribution in [0.15, 0.2) is 30.3 Å². The van der Waals surface area contributed by atoms with Gasteiger partial charge in [0, 0.05) is 19.5 Å². The molecule has 0 aliphatic heterocycles. The van der Waals surface area contributed by atoms with E-state index in [1.54, 1.807) is 7.11 Å². The van der Waals surface area contributed by atoms with Crippen LogP contribution in [0, 0.1) is 0 Å². The van der Waals surface area contributed by atoms with Gasteiger partial charge in [-0.25, -0.2) is 9.59 Å². The zero-order valence-corrected chi connectivity index (χ0v) is 14.0. The summed E-state index contributed by atoms with van der Waals surface area (Å²) in [5.41, 5.74) is 0.849. The fourth-order valence-corrected chi connectivity index (χ4v) is 2.77. The molecule has 1 rings (SSSR count). The van der Waals surface area contributed by atoms with Crippen molar-refractivity contribution < 1.29 is 24.2 Å². The van der Waals surface area contributed by atoms with E-state index in [1.807, 2.05) is 30.3 Å². The van der Waals surface area contributed by atoms with Crippen LogP contribution < -0.4 is 5.32 Å². The maximum atomic E-state index is 11.7. The highest BCUT2D eigenvalue weighted by Crippen LogP contribution is 2.08. The van der Waals surface area contributed by atoms with Gasteiger partial charge in [-0.15, -0.1) is 0 Å². The monoisotopic (exact) mass is 341 g/mol. The molecule has 1 unspecified atom stereocenters. The number of hydrogen-bond donors (Lipinski definition) is 2. The van der Waals surface area contributed by atoms with Gasteiger partial charge in [0.2, 0.25) is 0 Å². The molecule has 0 radical (unpaired) electrons. The average Bonchev–Trinajstić information content (AvgIpc) is 2.55. The van der Waals surface area contributed by atoms with Gasteiger partial charge in [-0.05, 0) is 24.2 Å². The summed E-state index contributed by atoms with van der Waals surface area (Å²) in [5.74, 6) is 0.0717. The second-order valence-electron chi connectivity index (χ2n) is 4.87. The van der Waals surface area contributed by atoms with Crippen LogP contribution >= 0.6 is 11.8 Å². The number of carboxylic acid groups (broad SMARTS) is 1. The molecular weight excluding hydrogens is 318 g/mol. The Kier molecular flexibility index (Phi) is 9.90. The first-order chi connectivity index (χ1) is 11.1. The number of methoxy groups -OCH3 is 1. The van der Waals surface area contributed by atoms with E-state index in [1.165, 1.54) is 11.8 Å². The van der Waals surface area contributed by atoms with E-state index < -0.39 is 18.1 Å². The molecule has 0 aliphatic carbocycles. The number of carbonyl (C=O) groups excluding carboxylic acids is 1. The van der Waals surface area contributed by atoms with Gasteiger partial charge < -0.3 is 19.9 Å². The molecule has 1 aromatic rings. The van der Waals surface area contributed by atoms with E-state index in [0.717, 1.165) is 24.2 Å². The normalized spacial score (nSPS) is 11.7. The van der Waals surface area contributed by atoms with Crippen molar-refractivity contribution >= 4 is 23.8 Å². The Morgan fingerprint density at radius 1 is 1.26 bits per heavy atom. The van der Waals surface area contributed by atoms with E-state index in [-0.39, 0.29) is 6.61 Å². The Labute approximate surface area is 140 Å². The largest absolute Gasteiger partial charge is 0.480 e. The highest BCUT2D eigenvalue weighted by molar-refractivity contribution is 7.99. The van der Waals surface area contributed by atoms with Crippen LogP contribution in [0.1, 0.15) is 18.4 Å². The molecule has 2 N–H and O–H groups in total. The fraction of sp³-hybridized carbons (Fsp3) is 0.500. The van der Waals surface area contributed by atoms with Crippen molar-refractivity contribution in [2.45, 2.75) is 25.5 Å². The van der Waals surface area contributed by atoms with Gasteiger partial charge in [0.05, 0.1) is 0 Å². The number of benzene rings is 1. The number of alkyl carbamates (subject to hydrolysis) is 1. The summed E-state index contributed by atoms with van der Waals surface area (Å²) in [6.45, 7) is 0.816. The Morgan fingerprint density at radius 3 is 2.65 bits per heavy atom. The second-order valence-corrected chi connectivity index (χ2v) is 6.02. The minimum atomic E-state index is -1.06. The maximum Gasteiger partial charge on any atom is 0.408 e. The van der Waals surface area contributed by atoms with Crippen molar-refractivity contribution in [2.75, 3.05) is 25.2 Å². The molecule has 0 saturated carbocycles. The summed E-state index contributed by atoms with van der Waals surface area (Å²) in [6, 6.07) is 8.27. The van der Waals surface area contributed by atoms with Gasteiger partial charge in [0.15, 0.2) is 0 Å². The lowest BCUT2D eigenvalue weighted by atomic mass is 10.2. The Balaban J connectivity index is 2.25. The van der Waals surface area contributed by atoms with Gasteiger partial charge in [0.25, 0.3) is 0 Å². The number of carboxylic acids is 1. The third-order valence-corrected chi connectivity index (χ3v) is 4.12. The molecule has 6 nitrogen and oxygen atoms in total. The number of thioether (sulfide) groups is 1. The lowest BCUT2D eigenvalue weighted by Crippen LogP contribution is -2.42. The van der Waals surface area contributed by atoms with Crippen LogP contribution in [0.5, 0.6) is 0 Å². The smallest absolute Gasteiger partial charge is 0.408 e. The molecule has 0 heterocycles. The summed E-state index contributed by atoms with van der Waals surface area (Å²) in [4.78, 5) is 22.9. The van der Waals surface area contributed by atoms with E-state index in [0.29, 0.717) is 12.4 Å². The molecule has 1 atom stereocenters. The molecule has 0 aromatic heterocycles. The van der Waals surface area contributed by atoms with Crippen LogP contribution in [0.25, 0.3) is 0 Å². The molecule has 0 saturated heterocycles. The number of rotatable bonds is 11. The zero-order valence-electron chi connectivity index (χ0n) is 13.2. The summed E-state index contributed by atoms with van der Waals surface area (Å²) < 4.78 is 9.98. The first-order valence-corrected chi connectivity index (χ1v) is 8.55. The average molecular weight is 341 g/mol. The number of ether oxygens (including phenoxy) is 2. The third-order valence-electron chi connectivity index (χ3n) is 2.97. The van der Waals surface area contributed by atoms with E-state index >= 15 is 0 Å². The summed E-state index contributed by atoms with van der Waals surface area (Å²) in [5, 5.41) is 11.5. The van der Waals surface area contributed by atoms with Crippen LogP contribution in [0.4, 0.5) is 4.79 Å². The molecule has 0 bridgehead atoms. The highest BCUT2D eigenvalue weighted by atomic mass is 32.2. The molecule has 1 amide bonds. The van der Waals surface area contributed by atoms with Gasteiger partial charge in [0.1, 0.15) is 12.6 Å². The highest BCUT2D eigenvalue weighted by Gasteiger charge is 2.20. The van der Waals surface area contributed by atoms with Crippen molar-refractivity contribution in [3.63, 3.8) is 0 Å².